The Morgan fingerprint density at radius 2 is 1.64 bits per heavy atom. The standard InChI is InChI=1S/C30H43N5O4/c1-20(2)18-23(32-27(37)21-8-10-22(11-9-21)33-15-6-7-16-33)28(38)34-17-12-24-26(34)25(36)19-35(24)29(39)30(31)13-4-3-5-14-30/h8-11,20,23-24,26H,3-7,12-19,31H2,1-2H3,(H,32,37). The second-order valence-electron chi connectivity index (χ2n) is 12.3. The van der Waals surface area contributed by atoms with Crippen LogP contribution in [0.15, 0.2) is 24.3 Å². The number of carbonyl (C=O) groups excluding carboxylic acids is 4. The van der Waals surface area contributed by atoms with E-state index < -0.39 is 17.6 Å². The first-order chi connectivity index (χ1) is 18.7. The fourth-order valence-electron chi connectivity index (χ4n) is 6.96. The largest absolute Gasteiger partial charge is 0.372 e. The van der Waals surface area contributed by atoms with Crippen molar-refractivity contribution in [2.24, 2.45) is 11.7 Å². The van der Waals surface area contributed by atoms with Gasteiger partial charge in [0.25, 0.3) is 5.91 Å². The minimum atomic E-state index is -0.913. The Kier molecular flexibility index (Phi) is 7.99. The molecule has 9 nitrogen and oxygen atoms in total. The average Bonchev–Trinajstić information content (AvgIpc) is 3.67. The number of benzene rings is 1. The number of ketones is 1. The number of nitrogens with two attached hydrogens (primary N) is 1. The predicted molar refractivity (Wildman–Crippen MR) is 149 cm³/mol. The molecule has 212 valence electrons. The van der Waals surface area contributed by atoms with Crippen LogP contribution in [0.2, 0.25) is 0 Å². The quantitative estimate of drug-likeness (QED) is 0.552. The topological polar surface area (TPSA) is 116 Å². The molecule has 1 aromatic carbocycles. The predicted octanol–water partition coefficient (Wildman–Crippen LogP) is 2.47. The number of nitrogens with one attached hydrogen (secondary N) is 1. The van der Waals surface area contributed by atoms with Crippen molar-refractivity contribution in [1.82, 2.24) is 15.1 Å². The molecular weight excluding hydrogens is 494 g/mol. The molecule has 39 heavy (non-hydrogen) atoms. The van der Waals surface area contributed by atoms with Gasteiger partial charge in [0.15, 0.2) is 5.78 Å². The molecule has 5 rings (SSSR count). The van der Waals surface area contributed by atoms with E-state index in [1.165, 1.54) is 12.8 Å². The Hall–Kier alpha value is -2.94. The van der Waals surface area contributed by atoms with Gasteiger partial charge in [-0.1, -0.05) is 33.1 Å². The number of nitrogens with zero attached hydrogens (tertiary/aromatic N) is 3. The SMILES string of the molecule is CC(C)CC(NC(=O)c1ccc(N2CCCC2)cc1)C(=O)N1CCC2C1C(=O)CN2C(=O)C1(N)CCCCC1. The van der Waals surface area contributed by atoms with E-state index in [1.54, 1.807) is 9.80 Å². The third-order valence-corrected chi connectivity index (χ3v) is 9.05. The van der Waals surface area contributed by atoms with Crippen molar-refractivity contribution in [2.45, 2.75) is 95.3 Å². The molecule has 3 N–H and O–H groups in total. The summed E-state index contributed by atoms with van der Waals surface area (Å²) >= 11 is 0. The number of hydrogen-bond donors (Lipinski definition) is 2. The Balaban J connectivity index is 1.28. The minimum absolute atomic E-state index is 0.00146. The Bertz CT molecular complexity index is 1090. The number of hydrogen-bond acceptors (Lipinski definition) is 6. The van der Waals surface area contributed by atoms with Crippen LogP contribution >= 0.6 is 0 Å². The first-order valence-electron chi connectivity index (χ1n) is 14.8. The van der Waals surface area contributed by atoms with E-state index in [0.29, 0.717) is 37.8 Å². The highest BCUT2D eigenvalue weighted by molar-refractivity contribution is 6.01. The normalized spacial score (nSPS) is 25.2. The molecular formula is C30H43N5O4. The lowest BCUT2D eigenvalue weighted by atomic mass is 9.81. The number of Topliss-reactive ketones (excluding diaryl/α,β-unsaturated/α-hetero) is 1. The van der Waals surface area contributed by atoms with Crippen LogP contribution < -0.4 is 16.0 Å². The number of likely N-dealkylation sites (tertiary alicyclic amines) is 2. The molecule has 3 saturated heterocycles. The summed E-state index contributed by atoms with van der Waals surface area (Å²) in [5, 5.41) is 2.96. The summed E-state index contributed by atoms with van der Waals surface area (Å²) < 4.78 is 0. The van der Waals surface area contributed by atoms with Crippen molar-refractivity contribution in [2.75, 3.05) is 31.1 Å². The molecule has 0 spiro atoms. The maximum atomic E-state index is 13.8. The molecule has 9 heteroatoms. The Morgan fingerprint density at radius 1 is 0.974 bits per heavy atom. The van der Waals surface area contributed by atoms with Gasteiger partial charge in [0.2, 0.25) is 11.8 Å². The van der Waals surface area contributed by atoms with Gasteiger partial charge in [-0.3, -0.25) is 19.2 Å². The van der Waals surface area contributed by atoms with E-state index in [0.717, 1.165) is 38.0 Å². The molecule has 3 unspecified atom stereocenters. The monoisotopic (exact) mass is 537 g/mol. The Morgan fingerprint density at radius 3 is 2.28 bits per heavy atom. The van der Waals surface area contributed by atoms with E-state index in [-0.39, 0.29) is 42.0 Å². The van der Waals surface area contributed by atoms with Gasteiger partial charge in [0.1, 0.15) is 12.1 Å². The number of carbonyl (C=O) groups is 4. The summed E-state index contributed by atoms with van der Waals surface area (Å²) in [7, 11) is 0. The maximum Gasteiger partial charge on any atom is 0.251 e. The van der Waals surface area contributed by atoms with Crippen LogP contribution in [0.1, 0.15) is 82.0 Å². The molecule has 0 aromatic heterocycles. The van der Waals surface area contributed by atoms with Crippen LogP contribution in [0.4, 0.5) is 5.69 Å². The van der Waals surface area contributed by atoms with Crippen molar-refractivity contribution in [3.05, 3.63) is 29.8 Å². The molecule has 1 aromatic rings. The lowest BCUT2D eigenvalue weighted by Gasteiger charge is -2.37. The molecule has 3 heterocycles. The number of anilines is 1. The first-order valence-corrected chi connectivity index (χ1v) is 14.8. The van der Waals surface area contributed by atoms with Crippen LogP contribution in [-0.2, 0) is 14.4 Å². The molecule has 4 fully saturated rings. The summed E-state index contributed by atoms with van der Waals surface area (Å²) in [6, 6.07) is 5.79. The highest BCUT2D eigenvalue weighted by atomic mass is 16.2. The van der Waals surface area contributed by atoms with Crippen molar-refractivity contribution in [1.29, 1.82) is 0 Å². The molecule has 3 atom stereocenters. The first kappa shape index (κ1) is 27.6. The number of rotatable bonds is 7. The van der Waals surface area contributed by atoms with Crippen LogP contribution in [0, 0.1) is 5.92 Å². The highest BCUT2D eigenvalue weighted by Crippen LogP contribution is 2.35. The van der Waals surface area contributed by atoms with Crippen molar-refractivity contribution >= 4 is 29.2 Å². The zero-order chi connectivity index (χ0) is 27.7. The van der Waals surface area contributed by atoms with E-state index in [4.69, 9.17) is 5.73 Å². The molecule has 4 aliphatic rings. The molecule has 1 aliphatic carbocycles. The summed E-state index contributed by atoms with van der Waals surface area (Å²) in [6.45, 7) is 6.47. The third-order valence-electron chi connectivity index (χ3n) is 9.05. The van der Waals surface area contributed by atoms with Gasteiger partial charge in [-0.25, -0.2) is 0 Å². The average molecular weight is 538 g/mol. The van der Waals surface area contributed by atoms with E-state index in [1.807, 2.05) is 38.1 Å². The van der Waals surface area contributed by atoms with Crippen molar-refractivity contribution in [3.63, 3.8) is 0 Å². The fourth-order valence-corrected chi connectivity index (χ4v) is 6.96. The Labute approximate surface area is 231 Å². The van der Waals surface area contributed by atoms with Crippen LogP contribution in [-0.4, -0.2) is 83.1 Å². The minimum Gasteiger partial charge on any atom is -0.372 e. The zero-order valence-electron chi connectivity index (χ0n) is 23.4. The van der Waals surface area contributed by atoms with Gasteiger partial charge in [0.05, 0.1) is 18.1 Å². The smallest absolute Gasteiger partial charge is 0.251 e. The second kappa shape index (κ2) is 11.3. The lowest BCUT2D eigenvalue weighted by Crippen LogP contribution is -2.58. The number of fused-ring (bicyclic) bond motifs is 1. The lowest BCUT2D eigenvalue weighted by molar-refractivity contribution is -0.140. The van der Waals surface area contributed by atoms with Crippen molar-refractivity contribution in [3.8, 4) is 0 Å². The summed E-state index contributed by atoms with van der Waals surface area (Å²) in [5.74, 6) is -0.654. The van der Waals surface area contributed by atoms with Gasteiger partial charge < -0.3 is 25.8 Å². The molecule has 0 radical (unpaired) electrons. The molecule has 0 bridgehead atoms. The van der Waals surface area contributed by atoms with Gasteiger partial charge in [0, 0.05) is 30.9 Å². The third kappa shape index (κ3) is 5.55. The molecule has 1 saturated carbocycles. The van der Waals surface area contributed by atoms with Gasteiger partial charge in [-0.15, -0.1) is 0 Å². The highest BCUT2D eigenvalue weighted by Gasteiger charge is 2.54. The maximum absolute atomic E-state index is 13.8. The summed E-state index contributed by atoms with van der Waals surface area (Å²) in [6.07, 6.45) is 7.56. The van der Waals surface area contributed by atoms with Gasteiger partial charge >= 0.3 is 0 Å². The van der Waals surface area contributed by atoms with Crippen LogP contribution in [0.3, 0.4) is 0 Å². The van der Waals surface area contributed by atoms with E-state index in [2.05, 4.69) is 10.2 Å². The van der Waals surface area contributed by atoms with Gasteiger partial charge in [-0.2, -0.15) is 0 Å². The van der Waals surface area contributed by atoms with E-state index in [9.17, 15) is 19.2 Å². The summed E-state index contributed by atoms with van der Waals surface area (Å²) in [5.41, 5.74) is 7.23. The second-order valence-corrected chi connectivity index (χ2v) is 12.3. The molecule has 3 aliphatic heterocycles. The molecule has 3 amide bonds. The van der Waals surface area contributed by atoms with Crippen LogP contribution in [0.25, 0.3) is 0 Å². The van der Waals surface area contributed by atoms with Crippen LogP contribution in [0.5, 0.6) is 0 Å². The number of amides is 3. The fraction of sp³-hybridized carbons (Fsp3) is 0.667. The van der Waals surface area contributed by atoms with Crippen molar-refractivity contribution < 1.29 is 19.2 Å². The zero-order valence-corrected chi connectivity index (χ0v) is 23.4. The summed E-state index contributed by atoms with van der Waals surface area (Å²) in [4.78, 5) is 59.2. The van der Waals surface area contributed by atoms with E-state index >= 15 is 0 Å². The van der Waals surface area contributed by atoms with Gasteiger partial charge in [-0.05, 0) is 68.7 Å².